The van der Waals surface area contributed by atoms with Crippen LogP contribution >= 0.6 is 12.4 Å². The molecule has 0 fully saturated rings. The van der Waals surface area contributed by atoms with Crippen molar-refractivity contribution in [2.45, 2.75) is 19.1 Å². The highest BCUT2D eigenvalue weighted by molar-refractivity contribution is 5.85. The zero-order valence-corrected chi connectivity index (χ0v) is 13.4. The number of rotatable bonds is 7. The minimum absolute atomic E-state index is 0. The van der Waals surface area contributed by atoms with Gasteiger partial charge in [0.25, 0.3) is 0 Å². The Kier molecular flexibility index (Phi) is 7.74. The molecule has 0 amide bonds. The molecule has 2 rings (SSSR count). The second-order valence-corrected chi connectivity index (χ2v) is 4.91. The molecule has 1 atom stereocenters. The van der Waals surface area contributed by atoms with Crippen LogP contribution < -0.4 is 15.2 Å². The fraction of sp³-hybridized carbons (Fsp3) is 0.294. The summed E-state index contributed by atoms with van der Waals surface area (Å²) >= 11 is 0. The summed E-state index contributed by atoms with van der Waals surface area (Å²) in [6.45, 7) is 0.443. The Bertz CT molecular complexity index is 563. The van der Waals surface area contributed by atoms with Gasteiger partial charge in [-0.25, -0.2) is 0 Å². The third kappa shape index (κ3) is 5.22. The van der Waals surface area contributed by atoms with E-state index in [2.05, 4.69) is 0 Å². The first kappa shape index (κ1) is 18.3. The van der Waals surface area contributed by atoms with Crippen LogP contribution in [0.4, 0.5) is 0 Å². The van der Waals surface area contributed by atoms with Crippen molar-refractivity contribution in [3.8, 4) is 11.5 Å². The van der Waals surface area contributed by atoms with Gasteiger partial charge in [0.1, 0.15) is 6.61 Å². The van der Waals surface area contributed by atoms with Crippen LogP contribution in [0, 0.1) is 0 Å². The number of methoxy groups -OCH3 is 1. The van der Waals surface area contributed by atoms with Gasteiger partial charge in [-0.3, -0.25) is 0 Å². The van der Waals surface area contributed by atoms with Crippen molar-refractivity contribution < 1.29 is 14.6 Å². The van der Waals surface area contributed by atoms with Crippen LogP contribution in [0.5, 0.6) is 11.5 Å². The van der Waals surface area contributed by atoms with Gasteiger partial charge >= 0.3 is 0 Å². The summed E-state index contributed by atoms with van der Waals surface area (Å²) in [5.41, 5.74) is 7.88. The fourth-order valence-electron chi connectivity index (χ4n) is 2.06. The van der Waals surface area contributed by atoms with Crippen molar-refractivity contribution in [3.05, 3.63) is 59.7 Å². The van der Waals surface area contributed by atoms with Crippen molar-refractivity contribution in [1.82, 2.24) is 0 Å². The molecule has 0 aliphatic carbocycles. The van der Waals surface area contributed by atoms with Gasteiger partial charge in [-0.05, 0) is 29.7 Å². The van der Waals surface area contributed by atoms with E-state index in [-0.39, 0.29) is 25.1 Å². The van der Waals surface area contributed by atoms with Gasteiger partial charge < -0.3 is 20.3 Å². The SMILES string of the molecule is COc1ccc(CC(N)CO)cc1OCc1ccccc1.Cl. The summed E-state index contributed by atoms with van der Waals surface area (Å²) in [6, 6.07) is 15.4. The maximum absolute atomic E-state index is 9.04. The number of halogens is 1. The number of ether oxygens (including phenoxy) is 2. The van der Waals surface area contributed by atoms with E-state index in [9.17, 15) is 0 Å². The molecule has 0 spiro atoms. The predicted octanol–water partition coefficient (Wildman–Crippen LogP) is 2.56. The van der Waals surface area contributed by atoms with E-state index in [4.69, 9.17) is 20.3 Å². The highest BCUT2D eigenvalue weighted by Crippen LogP contribution is 2.29. The maximum Gasteiger partial charge on any atom is 0.161 e. The number of hydrogen-bond acceptors (Lipinski definition) is 4. The van der Waals surface area contributed by atoms with Crippen LogP contribution in [0.1, 0.15) is 11.1 Å². The number of aliphatic hydroxyl groups excluding tert-OH is 1. The third-order valence-electron chi connectivity index (χ3n) is 3.20. The molecule has 5 heteroatoms. The Morgan fingerprint density at radius 1 is 1.05 bits per heavy atom. The van der Waals surface area contributed by atoms with Gasteiger partial charge in [-0.1, -0.05) is 36.4 Å². The second kappa shape index (κ2) is 9.30. The molecule has 0 aromatic heterocycles. The largest absolute Gasteiger partial charge is 0.493 e. The molecule has 2 aromatic rings. The molecule has 0 radical (unpaired) electrons. The van der Waals surface area contributed by atoms with E-state index in [1.165, 1.54) is 0 Å². The molecule has 4 nitrogen and oxygen atoms in total. The first-order valence-electron chi connectivity index (χ1n) is 6.93. The molecule has 3 N–H and O–H groups in total. The van der Waals surface area contributed by atoms with Crippen LogP contribution in [0.15, 0.2) is 48.5 Å². The van der Waals surface area contributed by atoms with E-state index >= 15 is 0 Å². The lowest BCUT2D eigenvalue weighted by atomic mass is 10.1. The van der Waals surface area contributed by atoms with Gasteiger partial charge in [0.2, 0.25) is 0 Å². The lowest BCUT2D eigenvalue weighted by Gasteiger charge is -2.14. The predicted molar refractivity (Wildman–Crippen MR) is 89.8 cm³/mol. The number of hydrogen-bond donors (Lipinski definition) is 2. The minimum Gasteiger partial charge on any atom is -0.493 e. The molecule has 2 aromatic carbocycles. The summed E-state index contributed by atoms with van der Waals surface area (Å²) < 4.78 is 11.2. The van der Waals surface area contributed by atoms with Crippen LogP contribution in [-0.4, -0.2) is 24.9 Å². The normalized spacial score (nSPS) is 11.4. The summed E-state index contributed by atoms with van der Waals surface area (Å²) in [7, 11) is 1.61. The highest BCUT2D eigenvalue weighted by Gasteiger charge is 2.09. The van der Waals surface area contributed by atoms with Gasteiger partial charge in [0.15, 0.2) is 11.5 Å². The number of benzene rings is 2. The summed E-state index contributed by atoms with van der Waals surface area (Å²) in [5.74, 6) is 1.37. The Balaban J connectivity index is 0.00000242. The van der Waals surface area contributed by atoms with Gasteiger partial charge in [0.05, 0.1) is 13.7 Å². The molecule has 22 heavy (non-hydrogen) atoms. The molecule has 1 unspecified atom stereocenters. The third-order valence-corrected chi connectivity index (χ3v) is 3.20. The molecule has 0 aliphatic rings. The smallest absolute Gasteiger partial charge is 0.161 e. The van der Waals surface area contributed by atoms with E-state index in [0.29, 0.717) is 24.5 Å². The molecule has 0 aliphatic heterocycles. The summed E-state index contributed by atoms with van der Waals surface area (Å²) in [6.07, 6.45) is 0.599. The average Bonchev–Trinajstić information content (AvgIpc) is 2.54. The van der Waals surface area contributed by atoms with E-state index in [0.717, 1.165) is 11.1 Å². The average molecular weight is 324 g/mol. The summed E-state index contributed by atoms with van der Waals surface area (Å²) in [5, 5.41) is 9.04. The molecular formula is C17H22ClNO3. The topological polar surface area (TPSA) is 64.7 Å². The Hall–Kier alpha value is -1.75. The molecular weight excluding hydrogens is 302 g/mol. The summed E-state index contributed by atoms with van der Waals surface area (Å²) in [4.78, 5) is 0. The molecule has 0 bridgehead atoms. The standard InChI is InChI=1S/C17H21NO3.ClH/c1-20-16-8-7-14(9-15(18)11-19)10-17(16)21-12-13-5-3-2-4-6-13;/h2-8,10,15,19H,9,11-12,18H2,1H3;1H. The van der Waals surface area contributed by atoms with Crippen molar-refractivity contribution >= 4 is 12.4 Å². The zero-order chi connectivity index (χ0) is 15.1. The van der Waals surface area contributed by atoms with Crippen molar-refractivity contribution in [3.63, 3.8) is 0 Å². The quantitative estimate of drug-likeness (QED) is 0.822. The maximum atomic E-state index is 9.04. The van der Waals surface area contributed by atoms with Crippen LogP contribution in [0.2, 0.25) is 0 Å². The first-order valence-corrected chi connectivity index (χ1v) is 6.93. The van der Waals surface area contributed by atoms with Crippen molar-refractivity contribution in [1.29, 1.82) is 0 Å². The van der Waals surface area contributed by atoms with Gasteiger partial charge in [0, 0.05) is 6.04 Å². The van der Waals surface area contributed by atoms with Crippen LogP contribution in [0.3, 0.4) is 0 Å². The first-order chi connectivity index (χ1) is 10.2. The highest BCUT2D eigenvalue weighted by atomic mass is 35.5. The van der Waals surface area contributed by atoms with E-state index in [1.54, 1.807) is 7.11 Å². The lowest BCUT2D eigenvalue weighted by Crippen LogP contribution is -2.26. The van der Waals surface area contributed by atoms with Gasteiger partial charge in [-0.2, -0.15) is 0 Å². The molecule has 0 saturated carbocycles. The number of aliphatic hydroxyl groups is 1. The van der Waals surface area contributed by atoms with Crippen molar-refractivity contribution in [2.75, 3.05) is 13.7 Å². The monoisotopic (exact) mass is 323 g/mol. The number of nitrogens with two attached hydrogens (primary N) is 1. The van der Waals surface area contributed by atoms with E-state index < -0.39 is 0 Å². The Labute approximate surface area is 137 Å². The minimum atomic E-state index is -0.264. The second-order valence-electron chi connectivity index (χ2n) is 4.91. The van der Waals surface area contributed by atoms with Crippen molar-refractivity contribution in [2.24, 2.45) is 5.73 Å². The molecule has 0 heterocycles. The Morgan fingerprint density at radius 2 is 1.77 bits per heavy atom. The molecule has 120 valence electrons. The molecule has 0 saturated heterocycles. The zero-order valence-electron chi connectivity index (χ0n) is 12.6. The van der Waals surface area contributed by atoms with E-state index in [1.807, 2.05) is 48.5 Å². The van der Waals surface area contributed by atoms with Crippen LogP contribution in [-0.2, 0) is 13.0 Å². The van der Waals surface area contributed by atoms with Gasteiger partial charge in [-0.15, -0.1) is 12.4 Å². The van der Waals surface area contributed by atoms with Crippen LogP contribution in [0.25, 0.3) is 0 Å². The fourth-order valence-corrected chi connectivity index (χ4v) is 2.06. The lowest BCUT2D eigenvalue weighted by molar-refractivity contribution is 0.264. The Morgan fingerprint density at radius 3 is 2.41 bits per heavy atom.